The summed E-state index contributed by atoms with van der Waals surface area (Å²) in [6.45, 7) is 7.57. The predicted octanol–water partition coefficient (Wildman–Crippen LogP) is 1.86. The molecular formula is C12H28N2O. The number of fused-ring (bicyclic) bond motifs is 1. The highest BCUT2D eigenvalue weighted by Crippen LogP contribution is 2.38. The first kappa shape index (κ1) is 14.9. The van der Waals surface area contributed by atoms with Crippen LogP contribution in [0, 0.1) is 0 Å². The molecule has 0 aromatic heterocycles. The van der Waals surface area contributed by atoms with E-state index >= 15 is 0 Å². The van der Waals surface area contributed by atoms with Gasteiger partial charge in [-0.2, -0.15) is 0 Å². The van der Waals surface area contributed by atoms with Crippen LogP contribution in [0.5, 0.6) is 0 Å². The van der Waals surface area contributed by atoms with Crippen molar-refractivity contribution in [2.24, 2.45) is 5.73 Å². The van der Waals surface area contributed by atoms with Gasteiger partial charge in [0.25, 0.3) is 0 Å². The zero-order chi connectivity index (χ0) is 11.7. The van der Waals surface area contributed by atoms with E-state index in [1.165, 1.54) is 45.8 Å². The maximum absolute atomic E-state index is 5.29. The molecule has 0 amide bonds. The lowest BCUT2D eigenvalue weighted by Gasteiger charge is -2.30. The van der Waals surface area contributed by atoms with Crippen LogP contribution >= 0.6 is 0 Å². The molecule has 0 radical (unpaired) electrons. The fourth-order valence-corrected chi connectivity index (χ4v) is 2.73. The Balaban J connectivity index is 0.000000442. The Kier molecular flexibility index (Phi) is 8.02. The summed E-state index contributed by atoms with van der Waals surface area (Å²) in [5.74, 6) is 0. The molecule has 2 aliphatic rings. The summed E-state index contributed by atoms with van der Waals surface area (Å²) >= 11 is 0. The van der Waals surface area contributed by atoms with E-state index < -0.39 is 0 Å². The molecule has 3 nitrogen and oxygen atoms in total. The average Bonchev–Trinajstić information content (AvgIpc) is 2.83. The van der Waals surface area contributed by atoms with Gasteiger partial charge in [0, 0.05) is 12.6 Å². The molecule has 0 unspecified atom stereocenters. The Hall–Kier alpha value is -0.120. The highest BCUT2D eigenvalue weighted by Gasteiger charge is 2.43. The van der Waals surface area contributed by atoms with E-state index in [1.807, 2.05) is 21.0 Å². The number of rotatable bonds is 2. The summed E-state index contributed by atoms with van der Waals surface area (Å²) in [7, 11) is 3.32. The minimum Gasteiger partial charge on any atom is -0.383 e. The summed E-state index contributed by atoms with van der Waals surface area (Å²) in [6.07, 6.45) is 5.48. The van der Waals surface area contributed by atoms with Crippen molar-refractivity contribution in [1.82, 2.24) is 4.90 Å². The van der Waals surface area contributed by atoms with Crippen LogP contribution < -0.4 is 5.73 Å². The molecule has 0 saturated carbocycles. The monoisotopic (exact) mass is 216 g/mol. The first-order chi connectivity index (χ1) is 7.37. The minimum atomic E-state index is 0.467. The maximum atomic E-state index is 5.29. The molecule has 0 aromatic carbocycles. The van der Waals surface area contributed by atoms with Gasteiger partial charge in [0.2, 0.25) is 0 Å². The van der Waals surface area contributed by atoms with E-state index in [2.05, 4.69) is 10.6 Å². The van der Waals surface area contributed by atoms with Gasteiger partial charge in [0.1, 0.15) is 0 Å². The Morgan fingerprint density at radius 2 is 1.60 bits per heavy atom. The molecule has 0 bridgehead atoms. The van der Waals surface area contributed by atoms with Crippen LogP contribution in [0.25, 0.3) is 0 Å². The fourth-order valence-electron chi connectivity index (χ4n) is 2.73. The van der Waals surface area contributed by atoms with Crippen molar-refractivity contribution >= 4 is 0 Å². The van der Waals surface area contributed by atoms with Crippen LogP contribution in [-0.2, 0) is 4.74 Å². The van der Waals surface area contributed by atoms with Gasteiger partial charge in [-0.05, 0) is 45.8 Å². The number of hydrogen-bond donors (Lipinski definition) is 1. The minimum absolute atomic E-state index is 0.467. The van der Waals surface area contributed by atoms with E-state index in [1.54, 1.807) is 0 Å². The van der Waals surface area contributed by atoms with E-state index in [9.17, 15) is 0 Å². The van der Waals surface area contributed by atoms with Crippen molar-refractivity contribution in [3.63, 3.8) is 0 Å². The first-order valence-corrected chi connectivity index (χ1v) is 6.19. The lowest BCUT2D eigenvalue weighted by Crippen LogP contribution is -2.42. The molecule has 2 saturated heterocycles. The Bertz CT molecular complexity index is 141. The highest BCUT2D eigenvalue weighted by atomic mass is 16.5. The quantitative estimate of drug-likeness (QED) is 0.766. The zero-order valence-electron chi connectivity index (χ0n) is 10.9. The molecule has 2 N–H and O–H groups in total. The molecule has 2 fully saturated rings. The third-order valence-electron chi connectivity index (χ3n) is 3.22. The Morgan fingerprint density at radius 3 is 2.00 bits per heavy atom. The summed E-state index contributed by atoms with van der Waals surface area (Å²) in [4.78, 5) is 2.62. The van der Waals surface area contributed by atoms with Crippen LogP contribution in [-0.4, -0.2) is 44.3 Å². The number of nitrogens with zero attached hydrogens (tertiary/aromatic N) is 1. The van der Waals surface area contributed by atoms with Crippen LogP contribution in [0.3, 0.4) is 0 Å². The summed E-state index contributed by atoms with van der Waals surface area (Å²) in [5.41, 5.74) is 4.97. The standard InChI is InChI=1S/C9H17NO.C2H6.CH5N/c1-11-8-9-4-2-6-10(9)7-3-5-9;2*1-2/h2-8H2,1H3;1-2H3;2H2,1H3. The number of hydrogen-bond acceptors (Lipinski definition) is 3. The zero-order valence-corrected chi connectivity index (χ0v) is 10.9. The van der Waals surface area contributed by atoms with Crippen molar-refractivity contribution in [3.8, 4) is 0 Å². The third kappa shape index (κ3) is 3.44. The molecule has 2 rings (SSSR count). The first-order valence-electron chi connectivity index (χ1n) is 6.19. The lowest BCUT2D eigenvalue weighted by atomic mass is 9.95. The fraction of sp³-hybridized carbons (Fsp3) is 1.00. The maximum Gasteiger partial charge on any atom is 0.0646 e. The summed E-state index contributed by atoms with van der Waals surface area (Å²) in [5, 5.41) is 0. The SMILES string of the molecule is CC.CN.COCC12CCCN1CCC2. The van der Waals surface area contributed by atoms with E-state index in [4.69, 9.17) is 4.74 Å². The van der Waals surface area contributed by atoms with E-state index in [-0.39, 0.29) is 0 Å². The van der Waals surface area contributed by atoms with Crippen molar-refractivity contribution in [2.75, 3.05) is 33.9 Å². The molecule has 0 atom stereocenters. The van der Waals surface area contributed by atoms with Gasteiger partial charge in [-0.25, -0.2) is 0 Å². The summed E-state index contributed by atoms with van der Waals surface area (Å²) in [6, 6.07) is 0. The number of nitrogens with two attached hydrogens (primary N) is 1. The predicted molar refractivity (Wildman–Crippen MR) is 66.1 cm³/mol. The van der Waals surface area contributed by atoms with E-state index in [0.29, 0.717) is 5.54 Å². The van der Waals surface area contributed by atoms with Gasteiger partial charge < -0.3 is 10.5 Å². The third-order valence-corrected chi connectivity index (χ3v) is 3.22. The lowest BCUT2D eigenvalue weighted by molar-refractivity contribution is 0.0655. The molecule has 0 aromatic rings. The second kappa shape index (κ2) is 8.08. The van der Waals surface area contributed by atoms with Gasteiger partial charge in [0.05, 0.1) is 6.61 Å². The van der Waals surface area contributed by atoms with Gasteiger partial charge in [-0.3, -0.25) is 4.90 Å². The molecular weight excluding hydrogens is 188 g/mol. The van der Waals surface area contributed by atoms with Gasteiger partial charge >= 0.3 is 0 Å². The van der Waals surface area contributed by atoms with Crippen LogP contribution in [0.1, 0.15) is 39.5 Å². The largest absolute Gasteiger partial charge is 0.383 e. The normalized spacial score (nSPS) is 22.2. The number of methoxy groups -OCH3 is 1. The Labute approximate surface area is 95.0 Å². The second-order valence-electron chi connectivity index (χ2n) is 3.85. The van der Waals surface area contributed by atoms with Crippen LogP contribution in [0.4, 0.5) is 0 Å². The van der Waals surface area contributed by atoms with Crippen molar-refractivity contribution in [3.05, 3.63) is 0 Å². The molecule has 3 heteroatoms. The Morgan fingerprint density at radius 1 is 1.13 bits per heavy atom. The molecule has 92 valence electrons. The molecule has 0 aliphatic carbocycles. The molecule has 2 heterocycles. The van der Waals surface area contributed by atoms with Crippen molar-refractivity contribution in [2.45, 2.75) is 45.1 Å². The van der Waals surface area contributed by atoms with Crippen LogP contribution in [0.15, 0.2) is 0 Å². The second-order valence-corrected chi connectivity index (χ2v) is 3.85. The van der Waals surface area contributed by atoms with Gasteiger partial charge in [0.15, 0.2) is 0 Å². The molecule has 0 spiro atoms. The molecule has 15 heavy (non-hydrogen) atoms. The highest BCUT2D eigenvalue weighted by molar-refractivity contribution is 4.99. The van der Waals surface area contributed by atoms with Gasteiger partial charge in [-0.1, -0.05) is 13.8 Å². The summed E-state index contributed by atoms with van der Waals surface area (Å²) < 4.78 is 5.29. The van der Waals surface area contributed by atoms with E-state index in [0.717, 1.165) is 6.61 Å². The van der Waals surface area contributed by atoms with Crippen LogP contribution in [0.2, 0.25) is 0 Å². The van der Waals surface area contributed by atoms with Crippen molar-refractivity contribution in [1.29, 1.82) is 0 Å². The van der Waals surface area contributed by atoms with Gasteiger partial charge in [-0.15, -0.1) is 0 Å². The smallest absolute Gasteiger partial charge is 0.0646 e. The van der Waals surface area contributed by atoms with Crippen molar-refractivity contribution < 1.29 is 4.74 Å². The topological polar surface area (TPSA) is 38.5 Å². The number of ether oxygens (including phenoxy) is 1. The average molecular weight is 216 g/mol. The molecule has 2 aliphatic heterocycles.